The molecule has 1 aromatic rings. The van der Waals surface area contributed by atoms with Crippen LogP contribution in [-0.2, 0) is 16.6 Å². The maximum atomic E-state index is 12.4. The van der Waals surface area contributed by atoms with E-state index in [1.807, 2.05) is 6.92 Å². The van der Waals surface area contributed by atoms with Gasteiger partial charge in [0.05, 0.1) is 13.7 Å². The normalized spacial score (nSPS) is 16.9. The summed E-state index contributed by atoms with van der Waals surface area (Å²) < 4.78 is 32.6. The number of sulfonamides is 1. The van der Waals surface area contributed by atoms with Crippen LogP contribution in [-0.4, -0.2) is 26.7 Å². The summed E-state index contributed by atoms with van der Waals surface area (Å²) in [6.45, 7) is 1.67. The molecule has 0 radical (unpaired) electrons. The van der Waals surface area contributed by atoms with Gasteiger partial charge < -0.3 is 9.84 Å². The molecule has 0 spiro atoms. The van der Waals surface area contributed by atoms with Crippen LogP contribution in [0.4, 0.5) is 0 Å². The molecular weight excluding hydrogens is 278 g/mol. The van der Waals surface area contributed by atoms with Crippen molar-refractivity contribution in [3.8, 4) is 5.75 Å². The Morgan fingerprint density at radius 1 is 1.45 bits per heavy atom. The van der Waals surface area contributed by atoms with Crippen LogP contribution in [0.15, 0.2) is 23.1 Å². The van der Waals surface area contributed by atoms with Gasteiger partial charge in [-0.15, -0.1) is 0 Å². The molecule has 2 rings (SSSR count). The Morgan fingerprint density at radius 2 is 2.15 bits per heavy atom. The van der Waals surface area contributed by atoms with Crippen LogP contribution in [0.3, 0.4) is 0 Å². The van der Waals surface area contributed by atoms with Gasteiger partial charge in [-0.2, -0.15) is 0 Å². The third-order valence-electron chi connectivity index (χ3n) is 3.44. The number of rotatable bonds is 7. The molecule has 1 saturated carbocycles. The number of hydrogen-bond donors (Lipinski definition) is 2. The first-order valence-electron chi connectivity index (χ1n) is 6.76. The van der Waals surface area contributed by atoms with Crippen molar-refractivity contribution < 1.29 is 18.3 Å². The number of aliphatic hydroxyl groups excluding tert-OH is 1. The number of hydrogen-bond acceptors (Lipinski definition) is 4. The van der Waals surface area contributed by atoms with Crippen molar-refractivity contribution in [1.82, 2.24) is 4.72 Å². The van der Waals surface area contributed by atoms with Crippen molar-refractivity contribution in [3.63, 3.8) is 0 Å². The van der Waals surface area contributed by atoms with Gasteiger partial charge in [-0.05, 0) is 37.0 Å². The molecule has 0 aliphatic heterocycles. The molecule has 1 fully saturated rings. The fourth-order valence-corrected chi connectivity index (χ4v) is 3.74. The minimum absolute atomic E-state index is 0.0780. The monoisotopic (exact) mass is 299 g/mol. The minimum atomic E-state index is -3.64. The summed E-state index contributed by atoms with van der Waals surface area (Å²) in [6.07, 6.45) is 3.24. The van der Waals surface area contributed by atoms with E-state index in [4.69, 9.17) is 9.84 Å². The number of nitrogens with one attached hydrogen (secondary N) is 1. The maximum Gasteiger partial charge on any atom is 0.244 e. The molecule has 20 heavy (non-hydrogen) atoms. The summed E-state index contributed by atoms with van der Waals surface area (Å²) in [5.74, 6) is 0.937. The van der Waals surface area contributed by atoms with Crippen molar-refractivity contribution in [2.45, 2.75) is 43.7 Å². The van der Waals surface area contributed by atoms with Gasteiger partial charge in [-0.1, -0.05) is 18.9 Å². The van der Waals surface area contributed by atoms with Gasteiger partial charge in [0.25, 0.3) is 0 Å². The Balaban J connectivity index is 2.22. The molecule has 0 amide bonds. The molecule has 0 heterocycles. The van der Waals surface area contributed by atoms with Crippen LogP contribution in [0.2, 0.25) is 0 Å². The quantitative estimate of drug-likeness (QED) is 0.803. The summed E-state index contributed by atoms with van der Waals surface area (Å²) >= 11 is 0. The smallest absolute Gasteiger partial charge is 0.244 e. The minimum Gasteiger partial charge on any atom is -0.495 e. The molecule has 1 aliphatic rings. The largest absolute Gasteiger partial charge is 0.495 e. The Labute approximate surface area is 120 Å². The molecular formula is C14H21NO4S. The highest BCUT2D eigenvalue weighted by molar-refractivity contribution is 7.89. The molecule has 0 aromatic heterocycles. The zero-order chi connectivity index (χ0) is 14.8. The van der Waals surface area contributed by atoms with Gasteiger partial charge in [0.15, 0.2) is 0 Å². The third-order valence-corrected chi connectivity index (χ3v) is 5.05. The number of aliphatic hydroxyl groups is 1. The van der Waals surface area contributed by atoms with Crippen LogP contribution in [0, 0.1) is 5.92 Å². The molecule has 2 N–H and O–H groups in total. The standard InChI is InChI=1S/C14H21NO4S/c1-10(7-11-3-4-11)15-20(17,18)14-8-12(9-16)5-6-13(14)19-2/h5-6,8,10-11,15-16H,3-4,7,9H2,1-2H3. The second kappa shape index (κ2) is 6.11. The van der Waals surface area contributed by atoms with Crippen LogP contribution in [0.25, 0.3) is 0 Å². The van der Waals surface area contributed by atoms with Crippen molar-refractivity contribution in [1.29, 1.82) is 0 Å². The Kier molecular flexibility index (Phi) is 4.67. The summed E-state index contributed by atoms with van der Waals surface area (Å²) in [5, 5.41) is 9.14. The van der Waals surface area contributed by atoms with Gasteiger partial charge >= 0.3 is 0 Å². The van der Waals surface area contributed by atoms with Crippen LogP contribution >= 0.6 is 0 Å². The topological polar surface area (TPSA) is 75.6 Å². The first-order chi connectivity index (χ1) is 9.46. The lowest BCUT2D eigenvalue weighted by Crippen LogP contribution is -2.33. The summed E-state index contributed by atoms with van der Waals surface area (Å²) in [6, 6.07) is 4.55. The number of methoxy groups -OCH3 is 1. The zero-order valence-electron chi connectivity index (χ0n) is 11.8. The van der Waals surface area contributed by atoms with E-state index in [2.05, 4.69) is 4.72 Å². The second-order valence-corrected chi connectivity index (χ2v) is 7.03. The number of benzene rings is 1. The lowest BCUT2D eigenvalue weighted by Gasteiger charge is -2.16. The molecule has 1 unspecified atom stereocenters. The summed E-state index contributed by atoms with van der Waals surface area (Å²) in [4.78, 5) is 0.0780. The van der Waals surface area contributed by atoms with Crippen LogP contribution in [0.5, 0.6) is 5.75 Å². The molecule has 1 aliphatic carbocycles. The fourth-order valence-electron chi connectivity index (χ4n) is 2.26. The highest BCUT2D eigenvalue weighted by atomic mass is 32.2. The third kappa shape index (κ3) is 3.71. The van der Waals surface area contributed by atoms with E-state index >= 15 is 0 Å². The fraction of sp³-hybridized carbons (Fsp3) is 0.571. The van der Waals surface area contributed by atoms with Crippen molar-refractivity contribution in [2.75, 3.05) is 7.11 Å². The molecule has 0 bridgehead atoms. The van der Waals surface area contributed by atoms with E-state index in [0.717, 1.165) is 6.42 Å². The molecule has 6 heteroatoms. The average Bonchev–Trinajstić information content (AvgIpc) is 3.21. The summed E-state index contributed by atoms with van der Waals surface area (Å²) in [5.41, 5.74) is 0.543. The van der Waals surface area contributed by atoms with Crippen molar-refractivity contribution >= 4 is 10.0 Å². The predicted molar refractivity (Wildman–Crippen MR) is 76.0 cm³/mol. The molecule has 1 atom stereocenters. The Hall–Kier alpha value is -1.11. The van der Waals surface area contributed by atoms with Crippen molar-refractivity contribution in [2.24, 2.45) is 5.92 Å². The highest BCUT2D eigenvalue weighted by Gasteiger charge is 2.27. The first kappa shape index (κ1) is 15.3. The van der Waals surface area contributed by atoms with E-state index in [9.17, 15) is 8.42 Å². The second-order valence-electron chi connectivity index (χ2n) is 5.34. The zero-order valence-corrected chi connectivity index (χ0v) is 12.6. The lowest BCUT2D eigenvalue weighted by atomic mass is 10.2. The summed E-state index contributed by atoms with van der Waals surface area (Å²) in [7, 11) is -2.21. The molecule has 5 nitrogen and oxygen atoms in total. The number of ether oxygens (including phenoxy) is 1. The molecule has 1 aromatic carbocycles. The van der Waals surface area contributed by atoms with Gasteiger partial charge in [0.2, 0.25) is 10.0 Å². The van der Waals surface area contributed by atoms with Gasteiger partial charge in [-0.25, -0.2) is 13.1 Å². The van der Waals surface area contributed by atoms with Crippen LogP contribution < -0.4 is 9.46 Å². The SMILES string of the molecule is COc1ccc(CO)cc1S(=O)(=O)NC(C)CC1CC1. The van der Waals surface area contributed by atoms with Crippen molar-refractivity contribution in [3.05, 3.63) is 23.8 Å². The average molecular weight is 299 g/mol. The van der Waals surface area contributed by atoms with E-state index in [1.165, 1.54) is 26.0 Å². The predicted octanol–water partition coefficient (Wildman–Crippen LogP) is 1.65. The first-order valence-corrected chi connectivity index (χ1v) is 8.24. The van der Waals surface area contributed by atoms with E-state index in [0.29, 0.717) is 11.5 Å². The van der Waals surface area contributed by atoms with Crippen LogP contribution in [0.1, 0.15) is 31.7 Å². The highest BCUT2D eigenvalue weighted by Crippen LogP contribution is 2.34. The van der Waals surface area contributed by atoms with Gasteiger partial charge in [-0.3, -0.25) is 0 Å². The lowest BCUT2D eigenvalue weighted by molar-refractivity contribution is 0.281. The Morgan fingerprint density at radius 3 is 2.70 bits per heavy atom. The van der Waals surface area contributed by atoms with E-state index in [-0.39, 0.29) is 23.3 Å². The van der Waals surface area contributed by atoms with Gasteiger partial charge in [0, 0.05) is 6.04 Å². The molecule has 112 valence electrons. The molecule has 0 saturated heterocycles. The maximum absolute atomic E-state index is 12.4. The van der Waals surface area contributed by atoms with Gasteiger partial charge in [0.1, 0.15) is 10.6 Å². The van der Waals surface area contributed by atoms with E-state index < -0.39 is 10.0 Å². The Bertz CT molecular complexity index is 567. The van der Waals surface area contributed by atoms with E-state index in [1.54, 1.807) is 12.1 Å².